The van der Waals surface area contributed by atoms with Crippen LogP contribution in [0.4, 0.5) is 4.39 Å². The van der Waals surface area contributed by atoms with Crippen LogP contribution in [0.15, 0.2) is 36.4 Å². The maximum atomic E-state index is 14.9. The maximum absolute atomic E-state index is 14.9. The lowest BCUT2D eigenvalue weighted by Gasteiger charge is -2.43. The highest BCUT2D eigenvalue weighted by Crippen LogP contribution is 2.51. The summed E-state index contributed by atoms with van der Waals surface area (Å²) < 4.78 is 21.0. The van der Waals surface area contributed by atoms with Gasteiger partial charge in [0.25, 0.3) is 0 Å². The van der Waals surface area contributed by atoms with Crippen LogP contribution in [0.25, 0.3) is 0 Å². The minimum absolute atomic E-state index is 0.239. The summed E-state index contributed by atoms with van der Waals surface area (Å²) in [5.41, 5.74) is 2.33. The van der Waals surface area contributed by atoms with E-state index < -0.39 is 0 Å². The lowest BCUT2D eigenvalue weighted by Crippen LogP contribution is -2.35. The molecular formula is C22H25FO2. The van der Waals surface area contributed by atoms with E-state index in [0.717, 1.165) is 24.0 Å². The molecule has 2 aromatic rings. The molecule has 0 aliphatic heterocycles. The minimum atomic E-state index is -0.304. The summed E-state index contributed by atoms with van der Waals surface area (Å²) in [6.07, 6.45) is 2.53. The summed E-state index contributed by atoms with van der Waals surface area (Å²) in [5.74, 6) is 0.231. The molecule has 0 unspecified atom stereocenters. The molecule has 132 valence electrons. The van der Waals surface area contributed by atoms with E-state index >= 15 is 0 Å². The molecule has 0 atom stereocenters. The van der Waals surface area contributed by atoms with Crippen molar-refractivity contribution < 1.29 is 13.9 Å². The van der Waals surface area contributed by atoms with E-state index in [4.69, 9.17) is 4.74 Å². The standard InChI is InChI=1S/C22H25FO2/c1-21(2)10-11-22(3,4)19-18(21)17(23)12-16(13-24)20(19)25-14-15-8-6-5-7-9-15/h5-9,12-13H,10-11,14H2,1-4H3. The molecule has 2 aromatic carbocycles. The van der Waals surface area contributed by atoms with Gasteiger partial charge in [-0.05, 0) is 35.3 Å². The zero-order valence-corrected chi connectivity index (χ0v) is 15.4. The molecule has 1 aliphatic carbocycles. The number of benzene rings is 2. The minimum Gasteiger partial charge on any atom is -0.488 e. The number of fused-ring (bicyclic) bond motifs is 1. The van der Waals surface area contributed by atoms with E-state index in [-0.39, 0.29) is 22.2 Å². The fraction of sp³-hybridized carbons (Fsp3) is 0.409. The number of carbonyl (C=O) groups excluding carboxylic acids is 1. The third-order valence-electron chi connectivity index (χ3n) is 5.34. The van der Waals surface area contributed by atoms with Gasteiger partial charge < -0.3 is 4.74 Å². The molecule has 0 amide bonds. The molecular weight excluding hydrogens is 315 g/mol. The Hall–Kier alpha value is -2.16. The third-order valence-corrected chi connectivity index (χ3v) is 5.34. The Balaban J connectivity index is 2.15. The van der Waals surface area contributed by atoms with Gasteiger partial charge in [-0.1, -0.05) is 58.0 Å². The molecule has 0 spiro atoms. The van der Waals surface area contributed by atoms with Crippen molar-refractivity contribution in [1.82, 2.24) is 0 Å². The van der Waals surface area contributed by atoms with Crippen molar-refractivity contribution in [2.24, 2.45) is 0 Å². The Morgan fingerprint density at radius 1 is 1.04 bits per heavy atom. The maximum Gasteiger partial charge on any atom is 0.153 e. The first-order chi connectivity index (χ1) is 11.8. The van der Waals surface area contributed by atoms with Crippen LogP contribution in [0, 0.1) is 5.82 Å². The molecule has 0 saturated carbocycles. The second kappa shape index (κ2) is 6.29. The second-order valence-corrected chi connectivity index (χ2v) is 8.19. The summed E-state index contributed by atoms with van der Waals surface area (Å²) in [5, 5.41) is 0. The van der Waals surface area contributed by atoms with Gasteiger partial charge in [-0.15, -0.1) is 0 Å². The topological polar surface area (TPSA) is 26.3 Å². The quantitative estimate of drug-likeness (QED) is 0.681. The molecule has 3 rings (SSSR count). The van der Waals surface area contributed by atoms with Crippen LogP contribution in [-0.2, 0) is 17.4 Å². The van der Waals surface area contributed by atoms with Gasteiger partial charge in [-0.3, -0.25) is 4.79 Å². The molecule has 0 radical (unpaired) electrons. The van der Waals surface area contributed by atoms with Crippen LogP contribution < -0.4 is 4.74 Å². The highest BCUT2D eigenvalue weighted by Gasteiger charge is 2.42. The van der Waals surface area contributed by atoms with Gasteiger partial charge in [0.1, 0.15) is 18.2 Å². The molecule has 0 aromatic heterocycles. The Kier molecular flexibility index (Phi) is 4.44. The predicted octanol–water partition coefficient (Wildman–Crippen LogP) is 5.57. The van der Waals surface area contributed by atoms with E-state index in [1.807, 2.05) is 30.3 Å². The van der Waals surface area contributed by atoms with Crippen LogP contribution in [-0.4, -0.2) is 6.29 Å². The van der Waals surface area contributed by atoms with Crippen molar-refractivity contribution in [3.63, 3.8) is 0 Å². The molecule has 25 heavy (non-hydrogen) atoms. The molecule has 1 aliphatic rings. The third kappa shape index (κ3) is 3.20. The van der Waals surface area contributed by atoms with Crippen LogP contribution >= 0.6 is 0 Å². The smallest absolute Gasteiger partial charge is 0.153 e. The van der Waals surface area contributed by atoms with Gasteiger partial charge in [0.2, 0.25) is 0 Å². The van der Waals surface area contributed by atoms with Gasteiger partial charge in [-0.2, -0.15) is 0 Å². The van der Waals surface area contributed by atoms with E-state index in [0.29, 0.717) is 24.2 Å². The zero-order valence-electron chi connectivity index (χ0n) is 15.4. The fourth-order valence-corrected chi connectivity index (χ4v) is 3.81. The molecule has 2 nitrogen and oxygen atoms in total. The lowest BCUT2D eigenvalue weighted by molar-refractivity contribution is 0.111. The van der Waals surface area contributed by atoms with E-state index in [1.165, 1.54) is 6.07 Å². The van der Waals surface area contributed by atoms with Crippen LogP contribution in [0.1, 0.15) is 67.6 Å². The van der Waals surface area contributed by atoms with Gasteiger partial charge in [0, 0.05) is 11.1 Å². The van der Waals surface area contributed by atoms with Crippen molar-refractivity contribution in [2.45, 2.75) is 58.0 Å². The number of halogens is 1. The summed E-state index contributed by atoms with van der Waals surface area (Å²) in [4.78, 5) is 11.6. The van der Waals surface area contributed by atoms with Crippen LogP contribution in [0.3, 0.4) is 0 Å². The van der Waals surface area contributed by atoms with Crippen molar-refractivity contribution >= 4 is 6.29 Å². The summed E-state index contributed by atoms with van der Waals surface area (Å²) in [6.45, 7) is 8.68. The average molecular weight is 340 g/mol. The predicted molar refractivity (Wildman–Crippen MR) is 97.8 cm³/mol. The summed E-state index contributed by atoms with van der Waals surface area (Å²) >= 11 is 0. The number of rotatable bonds is 4. The van der Waals surface area contributed by atoms with Gasteiger partial charge in [0.15, 0.2) is 6.29 Å². The largest absolute Gasteiger partial charge is 0.488 e. The first-order valence-corrected chi connectivity index (χ1v) is 8.75. The van der Waals surface area contributed by atoms with Gasteiger partial charge in [0.05, 0.1) is 5.56 Å². The van der Waals surface area contributed by atoms with Crippen molar-refractivity contribution in [1.29, 1.82) is 0 Å². The van der Waals surface area contributed by atoms with Crippen LogP contribution in [0.5, 0.6) is 5.75 Å². The highest BCUT2D eigenvalue weighted by molar-refractivity contribution is 5.81. The van der Waals surface area contributed by atoms with E-state index in [1.54, 1.807) is 0 Å². The SMILES string of the molecule is CC1(C)CCC(C)(C)c2c(OCc3ccccc3)c(C=O)cc(F)c21. The average Bonchev–Trinajstić information content (AvgIpc) is 2.58. The van der Waals surface area contributed by atoms with E-state index in [2.05, 4.69) is 27.7 Å². The highest BCUT2D eigenvalue weighted by atomic mass is 19.1. The number of ether oxygens (including phenoxy) is 1. The zero-order chi connectivity index (χ0) is 18.2. The molecule has 0 fully saturated rings. The number of hydrogen-bond acceptors (Lipinski definition) is 2. The first kappa shape index (κ1) is 17.7. The number of hydrogen-bond donors (Lipinski definition) is 0. The monoisotopic (exact) mass is 340 g/mol. The summed E-state index contributed by atoms with van der Waals surface area (Å²) in [7, 11) is 0. The lowest BCUT2D eigenvalue weighted by atomic mass is 9.62. The Morgan fingerprint density at radius 2 is 1.64 bits per heavy atom. The second-order valence-electron chi connectivity index (χ2n) is 8.19. The molecule has 0 bridgehead atoms. The Morgan fingerprint density at radius 3 is 2.24 bits per heavy atom. The van der Waals surface area contributed by atoms with E-state index in [9.17, 15) is 9.18 Å². The number of carbonyl (C=O) groups is 1. The summed E-state index contributed by atoms with van der Waals surface area (Å²) in [6, 6.07) is 11.1. The van der Waals surface area contributed by atoms with Crippen molar-refractivity contribution in [3.8, 4) is 5.75 Å². The molecule has 0 heterocycles. The normalized spacial score (nSPS) is 17.6. The van der Waals surface area contributed by atoms with Gasteiger partial charge >= 0.3 is 0 Å². The molecule has 3 heteroatoms. The van der Waals surface area contributed by atoms with Crippen molar-refractivity contribution in [2.75, 3.05) is 0 Å². The van der Waals surface area contributed by atoms with Gasteiger partial charge in [-0.25, -0.2) is 4.39 Å². The Labute approximate surface area is 149 Å². The van der Waals surface area contributed by atoms with Crippen LogP contribution in [0.2, 0.25) is 0 Å². The van der Waals surface area contributed by atoms with Crippen molar-refractivity contribution in [3.05, 3.63) is 64.5 Å². The Bertz CT molecular complexity index is 791. The first-order valence-electron chi connectivity index (χ1n) is 8.75. The number of aldehydes is 1. The molecule has 0 N–H and O–H groups in total. The fourth-order valence-electron chi connectivity index (χ4n) is 3.81. The molecule has 0 saturated heterocycles.